The van der Waals surface area contributed by atoms with Crippen LogP contribution in [0.1, 0.15) is 46.1 Å². The van der Waals surface area contributed by atoms with E-state index < -0.39 is 0 Å². The highest BCUT2D eigenvalue weighted by Gasteiger charge is 2.26. The molecule has 1 saturated carbocycles. The molecule has 0 unspecified atom stereocenters. The maximum atomic E-state index is 4.37. The van der Waals surface area contributed by atoms with Crippen molar-refractivity contribution in [3.05, 3.63) is 12.4 Å². The lowest BCUT2D eigenvalue weighted by Gasteiger charge is -2.23. The standard InChI is InChI=1S/C12H21N3/c1-4-12(2,3)9-14-11-13-7-8-15(11)10-5-6-10/h7-8,10H,4-6,9H2,1-3H3,(H,13,14). The molecular weight excluding hydrogens is 186 g/mol. The lowest BCUT2D eigenvalue weighted by Crippen LogP contribution is -2.23. The van der Waals surface area contributed by atoms with E-state index in [4.69, 9.17) is 0 Å². The van der Waals surface area contributed by atoms with Crippen LogP contribution in [0.3, 0.4) is 0 Å². The molecular formula is C12H21N3. The smallest absolute Gasteiger partial charge is 0.203 e. The summed E-state index contributed by atoms with van der Waals surface area (Å²) in [5.74, 6) is 1.04. The maximum absolute atomic E-state index is 4.37. The van der Waals surface area contributed by atoms with Gasteiger partial charge in [0.2, 0.25) is 5.95 Å². The summed E-state index contributed by atoms with van der Waals surface area (Å²) in [5, 5.41) is 3.46. The Hall–Kier alpha value is -0.990. The molecule has 1 heterocycles. The fraction of sp³-hybridized carbons (Fsp3) is 0.750. The highest BCUT2D eigenvalue weighted by molar-refractivity contribution is 5.28. The van der Waals surface area contributed by atoms with Gasteiger partial charge >= 0.3 is 0 Å². The summed E-state index contributed by atoms with van der Waals surface area (Å²) in [6.07, 6.45) is 7.77. The zero-order valence-corrected chi connectivity index (χ0v) is 9.95. The van der Waals surface area contributed by atoms with Crippen molar-refractivity contribution < 1.29 is 0 Å². The number of nitrogens with zero attached hydrogens (tertiary/aromatic N) is 2. The van der Waals surface area contributed by atoms with Crippen LogP contribution in [0.4, 0.5) is 5.95 Å². The Morgan fingerprint density at radius 1 is 1.53 bits per heavy atom. The molecule has 0 radical (unpaired) electrons. The van der Waals surface area contributed by atoms with Crippen molar-refractivity contribution in [1.82, 2.24) is 9.55 Å². The molecule has 1 aliphatic rings. The molecule has 0 atom stereocenters. The van der Waals surface area contributed by atoms with Crippen molar-refractivity contribution in [3.63, 3.8) is 0 Å². The van der Waals surface area contributed by atoms with E-state index in [9.17, 15) is 0 Å². The van der Waals surface area contributed by atoms with Crippen LogP contribution in [0.5, 0.6) is 0 Å². The third-order valence-electron chi connectivity index (χ3n) is 3.29. The van der Waals surface area contributed by atoms with Gasteiger partial charge in [0.1, 0.15) is 0 Å². The van der Waals surface area contributed by atoms with Crippen molar-refractivity contribution in [2.75, 3.05) is 11.9 Å². The summed E-state index contributed by atoms with van der Waals surface area (Å²) in [4.78, 5) is 4.37. The fourth-order valence-electron chi connectivity index (χ4n) is 1.54. The molecule has 1 N–H and O–H groups in total. The third kappa shape index (κ3) is 2.52. The molecule has 0 bridgehead atoms. The van der Waals surface area contributed by atoms with E-state index in [2.05, 4.69) is 41.8 Å². The van der Waals surface area contributed by atoms with Crippen LogP contribution in [0.25, 0.3) is 0 Å². The summed E-state index contributed by atoms with van der Waals surface area (Å²) in [7, 11) is 0. The van der Waals surface area contributed by atoms with Gasteiger partial charge in [0.15, 0.2) is 0 Å². The molecule has 84 valence electrons. The summed E-state index contributed by atoms with van der Waals surface area (Å²) < 4.78 is 2.27. The molecule has 0 amide bonds. The average Bonchev–Trinajstić information content (AvgIpc) is 2.95. The quantitative estimate of drug-likeness (QED) is 0.804. The van der Waals surface area contributed by atoms with Gasteiger partial charge in [-0.2, -0.15) is 0 Å². The summed E-state index contributed by atoms with van der Waals surface area (Å²) in [5.41, 5.74) is 0.348. The number of hydrogen-bond acceptors (Lipinski definition) is 2. The molecule has 1 fully saturated rings. The van der Waals surface area contributed by atoms with E-state index >= 15 is 0 Å². The normalized spacial score (nSPS) is 16.7. The van der Waals surface area contributed by atoms with Gasteiger partial charge in [0.25, 0.3) is 0 Å². The molecule has 3 heteroatoms. The molecule has 1 aromatic heterocycles. The molecule has 1 aliphatic carbocycles. The Morgan fingerprint density at radius 2 is 2.27 bits per heavy atom. The van der Waals surface area contributed by atoms with Gasteiger partial charge in [-0.3, -0.25) is 0 Å². The van der Waals surface area contributed by atoms with Crippen LogP contribution < -0.4 is 5.32 Å². The lowest BCUT2D eigenvalue weighted by molar-refractivity contribution is 0.375. The van der Waals surface area contributed by atoms with Gasteiger partial charge in [-0.15, -0.1) is 0 Å². The lowest BCUT2D eigenvalue weighted by atomic mass is 9.90. The SMILES string of the molecule is CCC(C)(C)CNc1nccn1C1CC1. The largest absolute Gasteiger partial charge is 0.355 e. The van der Waals surface area contributed by atoms with E-state index in [1.807, 2.05) is 6.20 Å². The van der Waals surface area contributed by atoms with Crippen molar-refractivity contribution in [3.8, 4) is 0 Å². The fourth-order valence-corrected chi connectivity index (χ4v) is 1.54. The monoisotopic (exact) mass is 207 g/mol. The first-order valence-corrected chi connectivity index (χ1v) is 5.89. The Morgan fingerprint density at radius 3 is 2.87 bits per heavy atom. The molecule has 0 spiro atoms. The van der Waals surface area contributed by atoms with Crippen LogP contribution in [-0.4, -0.2) is 16.1 Å². The summed E-state index contributed by atoms with van der Waals surface area (Å²) >= 11 is 0. The number of hydrogen-bond donors (Lipinski definition) is 1. The topological polar surface area (TPSA) is 29.9 Å². The predicted molar refractivity (Wildman–Crippen MR) is 63.1 cm³/mol. The summed E-state index contributed by atoms with van der Waals surface area (Å²) in [6, 6.07) is 0.708. The third-order valence-corrected chi connectivity index (χ3v) is 3.29. The van der Waals surface area contributed by atoms with Crippen molar-refractivity contribution in [2.24, 2.45) is 5.41 Å². The average molecular weight is 207 g/mol. The summed E-state index contributed by atoms with van der Waals surface area (Å²) in [6.45, 7) is 7.79. The molecule has 0 aromatic carbocycles. The van der Waals surface area contributed by atoms with E-state index in [1.54, 1.807) is 0 Å². The second-order valence-corrected chi connectivity index (χ2v) is 5.26. The number of rotatable bonds is 5. The molecule has 0 saturated heterocycles. The van der Waals surface area contributed by atoms with Crippen molar-refractivity contribution in [1.29, 1.82) is 0 Å². The van der Waals surface area contributed by atoms with Gasteiger partial charge < -0.3 is 9.88 Å². The number of anilines is 1. The molecule has 0 aliphatic heterocycles. The first kappa shape index (κ1) is 10.5. The van der Waals surface area contributed by atoms with E-state index in [1.165, 1.54) is 19.3 Å². The second-order valence-electron chi connectivity index (χ2n) is 5.26. The van der Waals surface area contributed by atoms with E-state index in [-0.39, 0.29) is 0 Å². The highest BCUT2D eigenvalue weighted by Crippen LogP contribution is 2.36. The molecule has 1 aromatic rings. The van der Waals surface area contributed by atoms with Crippen LogP contribution in [0.2, 0.25) is 0 Å². The van der Waals surface area contributed by atoms with Gasteiger partial charge in [0.05, 0.1) is 0 Å². The first-order valence-electron chi connectivity index (χ1n) is 5.89. The zero-order chi connectivity index (χ0) is 10.9. The van der Waals surface area contributed by atoms with Gasteiger partial charge in [0, 0.05) is 25.0 Å². The van der Waals surface area contributed by atoms with Crippen molar-refractivity contribution >= 4 is 5.95 Å². The highest BCUT2D eigenvalue weighted by atomic mass is 15.2. The van der Waals surface area contributed by atoms with Crippen LogP contribution in [0.15, 0.2) is 12.4 Å². The maximum Gasteiger partial charge on any atom is 0.203 e. The second kappa shape index (κ2) is 3.87. The number of aromatic nitrogens is 2. The minimum absolute atomic E-state index is 0.348. The van der Waals surface area contributed by atoms with Gasteiger partial charge in [-0.05, 0) is 24.7 Å². The first-order chi connectivity index (χ1) is 7.12. The molecule has 2 rings (SSSR count). The number of imidazole rings is 1. The van der Waals surface area contributed by atoms with E-state index in [0.717, 1.165) is 12.5 Å². The Bertz CT molecular complexity index is 323. The number of nitrogens with one attached hydrogen (secondary N) is 1. The molecule has 15 heavy (non-hydrogen) atoms. The zero-order valence-electron chi connectivity index (χ0n) is 9.95. The van der Waals surface area contributed by atoms with E-state index in [0.29, 0.717) is 11.5 Å². The van der Waals surface area contributed by atoms with Crippen LogP contribution in [-0.2, 0) is 0 Å². The van der Waals surface area contributed by atoms with Gasteiger partial charge in [-0.1, -0.05) is 20.8 Å². The minimum Gasteiger partial charge on any atom is -0.355 e. The minimum atomic E-state index is 0.348. The molecule has 3 nitrogen and oxygen atoms in total. The van der Waals surface area contributed by atoms with Gasteiger partial charge in [-0.25, -0.2) is 4.98 Å². The Kier molecular flexibility index (Phi) is 2.72. The van der Waals surface area contributed by atoms with Crippen LogP contribution in [0, 0.1) is 5.41 Å². The van der Waals surface area contributed by atoms with Crippen molar-refractivity contribution in [2.45, 2.75) is 46.1 Å². The Labute approximate surface area is 91.9 Å². The van der Waals surface area contributed by atoms with Crippen LogP contribution >= 0.6 is 0 Å². The Balaban J connectivity index is 1.95. The predicted octanol–water partition coefficient (Wildman–Crippen LogP) is 3.07.